The molecule has 1 N–H and O–H groups in total. The zero-order valence-electron chi connectivity index (χ0n) is 17.2. The van der Waals surface area contributed by atoms with Gasteiger partial charge in [0, 0.05) is 39.6 Å². The molecule has 6 nitrogen and oxygen atoms in total. The first-order chi connectivity index (χ1) is 13.0. The van der Waals surface area contributed by atoms with Gasteiger partial charge in [0.25, 0.3) is 0 Å². The summed E-state index contributed by atoms with van der Waals surface area (Å²) < 4.78 is 10.8. The van der Waals surface area contributed by atoms with Crippen molar-refractivity contribution in [3.8, 4) is 11.5 Å². The summed E-state index contributed by atoms with van der Waals surface area (Å²) in [4.78, 5) is 10.7. The van der Waals surface area contributed by atoms with Crippen LogP contribution in [0.3, 0.4) is 0 Å². The van der Waals surface area contributed by atoms with E-state index in [2.05, 4.69) is 40.1 Å². The van der Waals surface area contributed by atoms with E-state index in [1.165, 1.54) is 16.7 Å². The monoisotopic (exact) mass is 370 g/mol. The first kappa shape index (κ1) is 20.6. The highest BCUT2D eigenvalue weighted by Crippen LogP contribution is 2.30. The van der Waals surface area contributed by atoms with Crippen LogP contribution in [0.1, 0.15) is 22.3 Å². The van der Waals surface area contributed by atoms with Gasteiger partial charge in [0.15, 0.2) is 17.5 Å². The first-order valence-corrected chi connectivity index (χ1v) is 9.03. The van der Waals surface area contributed by atoms with Crippen molar-refractivity contribution in [3.05, 3.63) is 52.8 Å². The summed E-state index contributed by atoms with van der Waals surface area (Å²) in [5.74, 6) is 2.34. The minimum absolute atomic E-state index is 0.722. The fraction of sp³-hybridized carbons (Fsp3) is 0.429. The van der Waals surface area contributed by atoms with E-state index < -0.39 is 0 Å². The van der Waals surface area contributed by atoms with E-state index in [-0.39, 0.29) is 0 Å². The number of aromatic nitrogens is 1. The quantitative estimate of drug-likeness (QED) is 0.600. The van der Waals surface area contributed by atoms with Gasteiger partial charge in [-0.25, -0.2) is 0 Å². The smallest absolute Gasteiger partial charge is 0.193 e. The van der Waals surface area contributed by atoms with Crippen molar-refractivity contribution >= 4 is 5.96 Å². The molecule has 146 valence electrons. The van der Waals surface area contributed by atoms with Crippen LogP contribution in [0.5, 0.6) is 11.5 Å². The minimum atomic E-state index is 0.722. The van der Waals surface area contributed by atoms with Crippen LogP contribution in [0.25, 0.3) is 0 Å². The molecule has 0 spiro atoms. The second-order valence-electron chi connectivity index (χ2n) is 6.52. The Labute approximate surface area is 162 Å². The van der Waals surface area contributed by atoms with Gasteiger partial charge >= 0.3 is 0 Å². The van der Waals surface area contributed by atoms with Gasteiger partial charge in [-0.05, 0) is 60.7 Å². The molecule has 0 saturated carbocycles. The number of hydrogen-bond donors (Lipinski definition) is 1. The molecule has 0 bridgehead atoms. The van der Waals surface area contributed by atoms with Gasteiger partial charge in [0.05, 0.1) is 14.2 Å². The maximum atomic E-state index is 5.43. The Morgan fingerprint density at radius 2 is 1.81 bits per heavy atom. The van der Waals surface area contributed by atoms with Crippen molar-refractivity contribution in [1.82, 2.24) is 15.2 Å². The Balaban J connectivity index is 2.01. The van der Waals surface area contributed by atoms with E-state index >= 15 is 0 Å². The van der Waals surface area contributed by atoms with Crippen molar-refractivity contribution in [2.75, 3.05) is 34.9 Å². The van der Waals surface area contributed by atoms with E-state index in [1.807, 2.05) is 31.6 Å². The highest BCUT2D eigenvalue weighted by atomic mass is 16.5. The SMILES string of the molecule is CN=C(NCCc1ccncc1C)N(C)Cc1cc(OC)c(OC)cc1C. The van der Waals surface area contributed by atoms with Crippen molar-refractivity contribution < 1.29 is 9.47 Å². The van der Waals surface area contributed by atoms with Gasteiger partial charge in [0.2, 0.25) is 0 Å². The lowest BCUT2D eigenvalue weighted by molar-refractivity contribution is 0.353. The molecule has 1 aromatic heterocycles. The number of guanidine groups is 1. The molecule has 0 saturated heterocycles. The van der Waals surface area contributed by atoms with Crippen molar-refractivity contribution in [3.63, 3.8) is 0 Å². The number of aryl methyl sites for hydroxylation is 2. The summed E-state index contributed by atoms with van der Waals surface area (Å²) in [6.45, 7) is 5.70. The number of ether oxygens (including phenoxy) is 2. The predicted molar refractivity (Wildman–Crippen MR) is 110 cm³/mol. The van der Waals surface area contributed by atoms with Crippen LogP contribution in [0.4, 0.5) is 0 Å². The summed E-state index contributed by atoms with van der Waals surface area (Å²) in [7, 11) is 7.14. The molecule has 2 aromatic rings. The summed E-state index contributed by atoms with van der Waals surface area (Å²) in [5, 5.41) is 3.44. The van der Waals surface area contributed by atoms with Crippen molar-refractivity contribution in [2.45, 2.75) is 26.8 Å². The largest absolute Gasteiger partial charge is 0.493 e. The van der Waals surface area contributed by atoms with Gasteiger partial charge < -0.3 is 19.7 Å². The Morgan fingerprint density at radius 1 is 1.11 bits per heavy atom. The van der Waals surface area contributed by atoms with Crippen LogP contribution in [0.15, 0.2) is 35.6 Å². The van der Waals surface area contributed by atoms with Gasteiger partial charge in [-0.2, -0.15) is 0 Å². The van der Waals surface area contributed by atoms with Crippen LogP contribution in [-0.2, 0) is 13.0 Å². The zero-order chi connectivity index (χ0) is 19.8. The molecule has 27 heavy (non-hydrogen) atoms. The molecule has 0 amide bonds. The molecule has 0 aliphatic heterocycles. The van der Waals surface area contributed by atoms with Crippen LogP contribution in [0.2, 0.25) is 0 Å². The number of nitrogens with one attached hydrogen (secondary N) is 1. The van der Waals surface area contributed by atoms with Crippen molar-refractivity contribution in [1.29, 1.82) is 0 Å². The summed E-state index contributed by atoms with van der Waals surface area (Å²) >= 11 is 0. The fourth-order valence-corrected chi connectivity index (χ4v) is 3.00. The highest BCUT2D eigenvalue weighted by Gasteiger charge is 2.12. The number of aliphatic imine (C=N–C) groups is 1. The summed E-state index contributed by atoms with van der Waals surface area (Å²) in [6, 6.07) is 6.10. The Morgan fingerprint density at radius 3 is 2.44 bits per heavy atom. The molecule has 0 fully saturated rings. The highest BCUT2D eigenvalue weighted by molar-refractivity contribution is 5.79. The molecule has 2 rings (SSSR count). The van der Waals surface area contributed by atoms with Crippen LogP contribution in [-0.4, -0.2) is 50.7 Å². The molecule has 0 unspecified atom stereocenters. The van der Waals surface area contributed by atoms with Gasteiger partial charge in [-0.1, -0.05) is 0 Å². The number of pyridine rings is 1. The third kappa shape index (κ3) is 5.36. The van der Waals surface area contributed by atoms with E-state index in [0.717, 1.165) is 42.5 Å². The molecule has 0 atom stereocenters. The lowest BCUT2D eigenvalue weighted by Gasteiger charge is -2.24. The molecule has 0 aliphatic carbocycles. The second-order valence-corrected chi connectivity index (χ2v) is 6.52. The lowest BCUT2D eigenvalue weighted by atomic mass is 10.1. The topological polar surface area (TPSA) is 59.0 Å². The van der Waals surface area contributed by atoms with Crippen LogP contribution >= 0.6 is 0 Å². The average Bonchev–Trinajstić information content (AvgIpc) is 2.67. The Bertz CT molecular complexity index is 790. The third-order valence-electron chi connectivity index (χ3n) is 4.64. The van der Waals surface area contributed by atoms with Crippen LogP contribution < -0.4 is 14.8 Å². The van der Waals surface area contributed by atoms with Crippen molar-refractivity contribution in [2.24, 2.45) is 4.99 Å². The standard InChI is InChI=1S/C21H30N4O2/c1-15-11-19(26-5)20(27-6)12-18(15)14-25(4)21(22-3)24-10-8-17-7-9-23-13-16(17)2/h7,9,11-13H,8,10,14H2,1-6H3,(H,22,24). The van der Waals surface area contributed by atoms with E-state index in [9.17, 15) is 0 Å². The average molecular weight is 370 g/mol. The van der Waals surface area contributed by atoms with Gasteiger partial charge in [0.1, 0.15) is 0 Å². The maximum absolute atomic E-state index is 5.43. The number of hydrogen-bond acceptors (Lipinski definition) is 4. The number of methoxy groups -OCH3 is 2. The minimum Gasteiger partial charge on any atom is -0.493 e. The van der Waals surface area contributed by atoms with Gasteiger partial charge in [-0.15, -0.1) is 0 Å². The molecule has 1 heterocycles. The molecule has 6 heteroatoms. The number of benzene rings is 1. The van der Waals surface area contributed by atoms with E-state index in [4.69, 9.17) is 9.47 Å². The van der Waals surface area contributed by atoms with E-state index in [1.54, 1.807) is 21.3 Å². The van der Waals surface area contributed by atoms with Crippen LogP contribution in [0, 0.1) is 13.8 Å². The molecule has 1 aromatic carbocycles. The first-order valence-electron chi connectivity index (χ1n) is 9.03. The Hall–Kier alpha value is -2.76. The molecular weight excluding hydrogens is 340 g/mol. The zero-order valence-corrected chi connectivity index (χ0v) is 17.2. The molecule has 0 aliphatic rings. The van der Waals surface area contributed by atoms with Gasteiger partial charge in [-0.3, -0.25) is 9.98 Å². The fourth-order valence-electron chi connectivity index (χ4n) is 3.00. The normalized spacial score (nSPS) is 11.3. The third-order valence-corrected chi connectivity index (χ3v) is 4.64. The Kier molecular flexibility index (Phi) is 7.46. The number of nitrogens with zero attached hydrogens (tertiary/aromatic N) is 3. The van der Waals surface area contributed by atoms with E-state index in [0.29, 0.717) is 0 Å². The second kappa shape index (κ2) is 9.80. The lowest BCUT2D eigenvalue weighted by Crippen LogP contribution is -2.39. The predicted octanol–water partition coefficient (Wildman–Crippen LogP) is 2.97. The number of rotatable bonds is 7. The molecule has 0 radical (unpaired) electrons. The summed E-state index contributed by atoms with van der Waals surface area (Å²) in [5.41, 5.74) is 4.83. The summed E-state index contributed by atoms with van der Waals surface area (Å²) in [6.07, 6.45) is 4.66. The molecular formula is C21H30N4O2. The maximum Gasteiger partial charge on any atom is 0.193 e.